The minimum Gasteiger partial charge on any atom is -0.379 e. The minimum absolute atomic E-state index is 0.178. The van der Waals surface area contributed by atoms with Gasteiger partial charge in [-0.3, -0.25) is 9.79 Å². The Balaban J connectivity index is 1.66. The summed E-state index contributed by atoms with van der Waals surface area (Å²) in [4.78, 5) is 21.2. The van der Waals surface area contributed by atoms with E-state index >= 15 is 0 Å². The second kappa shape index (κ2) is 7.48. The maximum atomic E-state index is 14.9. The molecule has 8 heteroatoms. The number of amides is 1. The molecule has 1 aromatic carbocycles. The zero-order chi connectivity index (χ0) is 20.6. The number of nitriles is 1. The average molecular weight is 409 g/mol. The molecular formula is C21H20FN5OS. The SMILES string of the molecule is C[C@@H]1C[C@H]2CSC(N)=N[C@@]2(c2cc(NC(=O)c3ccc(C#N)cn3)ccc2F)C1. The summed E-state index contributed by atoms with van der Waals surface area (Å²) in [5, 5.41) is 12.1. The second-order valence-electron chi connectivity index (χ2n) is 7.62. The summed E-state index contributed by atoms with van der Waals surface area (Å²) >= 11 is 1.52. The molecule has 1 amide bonds. The van der Waals surface area contributed by atoms with Crippen LogP contribution in [0, 0.1) is 29.0 Å². The third-order valence-corrected chi connectivity index (χ3v) is 6.54. The molecule has 148 valence electrons. The van der Waals surface area contributed by atoms with Crippen LogP contribution >= 0.6 is 11.8 Å². The van der Waals surface area contributed by atoms with Crippen LogP contribution in [0.25, 0.3) is 0 Å². The molecule has 6 nitrogen and oxygen atoms in total. The highest BCUT2D eigenvalue weighted by atomic mass is 32.2. The van der Waals surface area contributed by atoms with E-state index in [1.54, 1.807) is 6.07 Å². The molecule has 3 N–H and O–H groups in total. The van der Waals surface area contributed by atoms with E-state index in [1.165, 1.54) is 42.2 Å². The number of carbonyl (C=O) groups excluding carboxylic acids is 1. The molecule has 0 unspecified atom stereocenters. The molecule has 2 heterocycles. The molecule has 2 aliphatic rings. The standard InChI is InChI=1S/C21H20FN5OS/c1-12-6-14-11-29-20(24)27-21(14,8-12)16-7-15(3-4-17(16)22)26-19(28)18-5-2-13(9-23)10-25-18/h2-5,7,10,12,14H,6,8,11H2,1H3,(H2,24,27)(H,26,28)/t12-,14+,21+/m1/s1. The van der Waals surface area contributed by atoms with Gasteiger partial charge in [0.2, 0.25) is 0 Å². The molecule has 2 aromatic rings. The fourth-order valence-corrected chi connectivity index (χ4v) is 5.35. The molecule has 1 aromatic heterocycles. The summed E-state index contributed by atoms with van der Waals surface area (Å²) < 4.78 is 14.9. The first-order chi connectivity index (χ1) is 13.9. The van der Waals surface area contributed by atoms with E-state index < -0.39 is 11.4 Å². The number of hydrogen-bond acceptors (Lipinski definition) is 6. The Morgan fingerprint density at radius 1 is 1.41 bits per heavy atom. The normalized spacial score (nSPS) is 25.6. The van der Waals surface area contributed by atoms with E-state index in [0.717, 1.165) is 18.6 Å². The lowest BCUT2D eigenvalue weighted by Gasteiger charge is -2.36. The van der Waals surface area contributed by atoms with Gasteiger partial charge in [-0.25, -0.2) is 9.37 Å². The van der Waals surface area contributed by atoms with Crippen molar-refractivity contribution >= 4 is 28.5 Å². The molecule has 0 radical (unpaired) electrons. The number of thioether (sulfide) groups is 1. The van der Waals surface area contributed by atoms with Crippen molar-refractivity contribution in [3.63, 3.8) is 0 Å². The van der Waals surface area contributed by atoms with Crippen molar-refractivity contribution in [2.45, 2.75) is 25.3 Å². The summed E-state index contributed by atoms with van der Waals surface area (Å²) in [5.74, 6) is 0.654. The molecule has 0 bridgehead atoms. The van der Waals surface area contributed by atoms with Gasteiger partial charge in [0.25, 0.3) is 5.91 Å². The Kier molecular flexibility index (Phi) is 5.01. The lowest BCUT2D eigenvalue weighted by molar-refractivity contribution is 0.102. The molecule has 4 rings (SSSR count). The van der Waals surface area contributed by atoms with Crippen LogP contribution in [0.4, 0.5) is 10.1 Å². The first-order valence-corrected chi connectivity index (χ1v) is 10.4. The zero-order valence-electron chi connectivity index (χ0n) is 15.9. The predicted octanol–water partition coefficient (Wildman–Crippen LogP) is 3.65. The third-order valence-electron chi connectivity index (χ3n) is 5.58. The van der Waals surface area contributed by atoms with Crippen molar-refractivity contribution in [1.82, 2.24) is 4.98 Å². The second-order valence-corrected chi connectivity index (χ2v) is 8.66. The Bertz CT molecular complexity index is 1030. The van der Waals surface area contributed by atoms with Gasteiger partial charge >= 0.3 is 0 Å². The van der Waals surface area contributed by atoms with Gasteiger partial charge in [0.05, 0.1) is 11.1 Å². The number of nitrogens with two attached hydrogens (primary N) is 1. The molecule has 1 saturated carbocycles. The van der Waals surface area contributed by atoms with Crippen LogP contribution < -0.4 is 11.1 Å². The number of aromatic nitrogens is 1. The van der Waals surface area contributed by atoms with Gasteiger partial charge in [0.1, 0.15) is 17.6 Å². The van der Waals surface area contributed by atoms with Crippen LogP contribution in [0.2, 0.25) is 0 Å². The van der Waals surface area contributed by atoms with Crippen LogP contribution in [-0.2, 0) is 5.54 Å². The van der Waals surface area contributed by atoms with Crippen LogP contribution in [-0.4, -0.2) is 21.8 Å². The Hall–Kier alpha value is -2.92. The molecule has 0 saturated heterocycles. The maximum Gasteiger partial charge on any atom is 0.274 e. The fourth-order valence-electron chi connectivity index (χ4n) is 4.33. The number of rotatable bonds is 3. The van der Waals surface area contributed by atoms with Gasteiger partial charge in [0.15, 0.2) is 5.17 Å². The lowest BCUT2D eigenvalue weighted by atomic mass is 9.81. The number of aliphatic imine (C=N–C) groups is 1. The highest BCUT2D eigenvalue weighted by molar-refractivity contribution is 8.13. The van der Waals surface area contributed by atoms with Gasteiger partial charge in [-0.05, 0) is 55.0 Å². The van der Waals surface area contributed by atoms with Crippen molar-refractivity contribution in [3.8, 4) is 6.07 Å². The van der Waals surface area contributed by atoms with Crippen molar-refractivity contribution in [2.24, 2.45) is 22.6 Å². The smallest absolute Gasteiger partial charge is 0.274 e. The number of fused-ring (bicyclic) bond motifs is 1. The number of nitrogens with one attached hydrogen (secondary N) is 1. The number of pyridine rings is 1. The number of anilines is 1. The quantitative estimate of drug-likeness (QED) is 0.805. The van der Waals surface area contributed by atoms with Crippen LogP contribution in [0.1, 0.15) is 41.4 Å². The predicted molar refractivity (Wildman–Crippen MR) is 111 cm³/mol. The van der Waals surface area contributed by atoms with Gasteiger partial charge in [-0.1, -0.05) is 18.7 Å². The molecule has 0 spiro atoms. The lowest BCUT2D eigenvalue weighted by Crippen LogP contribution is -2.37. The summed E-state index contributed by atoms with van der Waals surface area (Å²) in [5.41, 5.74) is 6.82. The topological polar surface area (TPSA) is 104 Å². The first kappa shape index (κ1) is 19.4. The summed E-state index contributed by atoms with van der Waals surface area (Å²) in [6, 6.07) is 9.51. The van der Waals surface area contributed by atoms with E-state index in [9.17, 15) is 9.18 Å². The summed E-state index contributed by atoms with van der Waals surface area (Å²) in [6.07, 6.45) is 3.03. The Morgan fingerprint density at radius 3 is 2.97 bits per heavy atom. The van der Waals surface area contributed by atoms with E-state index in [4.69, 9.17) is 16.0 Å². The number of benzene rings is 1. The molecule has 1 aliphatic carbocycles. The van der Waals surface area contributed by atoms with E-state index in [-0.39, 0.29) is 17.4 Å². The number of amidine groups is 1. The zero-order valence-corrected chi connectivity index (χ0v) is 16.7. The molecule has 1 aliphatic heterocycles. The van der Waals surface area contributed by atoms with Crippen molar-refractivity contribution < 1.29 is 9.18 Å². The van der Waals surface area contributed by atoms with Crippen LogP contribution in [0.3, 0.4) is 0 Å². The minimum atomic E-state index is -0.688. The van der Waals surface area contributed by atoms with Gasteiger partial charge < -0.3 is 11.1 Å². The molecule has 1 fully saturated rings. The number of carbonyl (C=O) groups is 1. The van der Waals surface area contributed by atoms with Gasteiger partial charge in [-0.15, -0.1) is 0 Å². The summed E-state index contributed by atoms with van der Waals surface area (Å²) in [7, 11) is 0. The Labute approximate surface area is 172 Å². The maximum absolute atomic E-state index is 14.9. The summed E-state index contributed by atoms with van der Waals surface area (Å²) in [6.45, 7) is 2.15. The monoisotopic (exact) mass is 409 g/mol. The molecule has 3 atom stereocenters. The highest BCUT2D eigenvalue weighted by Gasteiger charge is 2.50. The van der Waals surface area contributed by atoms with Gasteiger partial charge in [-0.2, -0.15) is 5.26 Å². The van der Waals surface area contributed by atoms with Crippen molar-refractivity contribution in [3.05, 3.63) is 59.2 Å². The molecular weight excluding hydrogens is 389 g/mol. The fraction of sp³-hybridized carbons (Fsp3) is 0.333. The largest absolute Gasteiger partial charge is 0.379 e. The van der Waals surface area contributed by atoms with Crippen LogP contribution in [0.5, 0.6) is 0 Å². The highest BCUT2D eigenvalue weighted by Crippen LogP contribution is 2.53. The average Bonchev–Trinajstić information content (AvgIpc) is 3.05. The van der Waals surface area contributed by atoms with Crippen molar-refractivity contribution in [2.75, 3.05) is 11.1 Å². The first-order valence-electron chi connectivity index (χ1n) is 9.37. The molecule has 29 heavy (non-hydrogen) atoms. The number of hydrogen-bond donors (Lipinski definition) is 2. The Morgan fingerprint density at radius 2 is 2.24 bits per heavy atom. The number of nitrogens with zero attached hydrogens (tertiary/aromatic N) is 3. The third kappa shape index (κ3) is 3.58. The van der Waals surface area contributed by atoms with E-state index in [0.29, 0.717) is 27.9 Å². The van der Waals surface area contributed by atoms with Crippen molar-refractivity contribution in [1.29, 1.82) is 5.26 Å². The van der Waals surface area contributed by atoms with Gasteiger partial charge in [0, 0.05) is 23.2 Å². The van der Waals surface area contributed by atoms with Crippen LogP contribution in [0.15, 0.2) is 41.5 Å². The number of halogens is 1. The van der Waals surface area contributed by atoms with E-state index in [1.807, 2.05) is 6.07 Å². The van der Waals surface area contributed by atoms with E-state index in [2.05, 4.69) is 17.2 Å².